The SMILES string of the molecule is CCC(=O)O[C@@H]1CC(=O)O[C@@H](C/C=C/c2cncc(C(=O)N(C)OC)c2)CCCN(C)C[C@H](O)[C@H](C)C[C@H](CC=O)[C@H](O[C@@H]2OC(C)[C@H](O[C@H]3CC(C)(OC(C)=O)[C@@H](OC(=O)CC)C(C)O3)C(N(C)C)C2O)[C@H]1OC. The number of nitrogens with zero attached hydrogens (tertiary/aromatic N) is 4. The van der Waals surface area contributed by atoms with Gasteiger partial charge in [-0.25, -0.2) is 5.06 Å². The van der Waals surface area contributed by atoms with Crippen molar-refractivity contribution in [3.8, 4) is 0 Å². The normalized spacial score (nSPS) is 33.8. The zero-order valence-electron chi connectivity index (χ0n) is 46.1. The molecular weight excluding hydrogens is 981 g/mol. The van der Waals surface area contributed by atoms with E-state index in [0.717, 1.165) is 11.3 Å². The van der Waals surface area contributed by atoms with Gasteiger partial charge in [0.1, 0.15) is 36.8 Å². The smallest absolute Gasteiger partial charge is 0.309 e. The molecule has 16 atom stereocenters. The summed E-state index contributed by atoms with van der Waals surface area (Å²) in [5.41, 5.74) is -0.409. The number of ether oxygens (including phenoxy) is 9. The number of aldehydes is 1. The molecule has 22 heteroatoms. The van der Waals surface area contributed by atoms with Gasteiger partial charge in [0.05, 0.1) is 49.6 Å². The van der Waals surface area contributed by atoms with Crippen LogP contribution in [0.15, 0.2) is 24.5 Å². The number of aliphatic hydroxyl groups excluding tert-OH is 2. The number of cyclic esters (lactones) is 1. The molecule has 0 saturated carbocycles. The molecule has 0 aliphatic carbocycles. The molecule has 0 radical (unpaired) electrons. The molecule has 3 saturated heterocycles. The summed E-state index contributed by atoms with van der Waals surface area (Å²) in [6.45, 7) is 12.2. The van der Waals surface area contributed by atoms with Gasteiger partial charge >= 0.3 is 23.9 Å². The minimum Gasteiger partial charge on any atom is -0.462 e. The Bertz CT molecular complexity index is 2050. The number of methoxy groups -OCH3 is 1. The van der Waals surface area contributed by atoms with Crippen molar-refractivity contribution in [3.63, 3.8) is 0 Å². The van der Waals surface area contributed by atoms with E-state index in [1.807, 2.05) is 24.9 Å². The summed E-state index contributed by atoms with van der Waals surface area (Å²) in [7, 11) is 9.58. The minimum absolute atomic E-state index is 0.0380. The molecule has 4 heterocycles. The van der Waals surface area contributed by atoms with Crippen LogP contribution in [0.4, 0.5) is 0 Å². The maximum Gasteiger partial charge on any atom is 0.309 e. The van der Waals surface area contributed by atoms with Crippen LogP contribution in [0.25, 0.3) is 6.08 Å². The van der Waals surface area contributed by atoms with E-state index in [1.54, 1.807) is 72.0 Å². The van der Waals surface area contributed by atoms with E-state index < -0.39 is 127 Å². The zero-order chi connectivity index (χ0) is 55.7. The molecule has 4 rings (SSSR count). The van der Waals surface area contributed by atoms with Gasteiger partial charge in [0.15, 0.2) is 24.3 Å². The number of amides is 1. The lowest BCUT2D eigenvalue weighted by Gasteiger charge is -2.50. The summed E-state index contributed by atoms with van der Waals surface area (Å²) < 4.78 is 56.0. The standard InChI is InChI=1S/C53H84N4O18/c1-14-41(61)71-40-26-43(63)70-38(19-16-18-35-25-37(29-54-28-35)51(65)57(11)67-13)20-17-22-56(10)30-39(60)31(3)24-36(21-23-58)48(49(40)66-12)74-52-46(64)45(55(8)9)47(32(4)69-52)73-44-27-53(7,75-34(6)59)50(33(5)68-44)72-42(62)15-2/h16,18,23,25,28-29,31-33,36,38-40,44-50,52,60,64H,14-15,17,19-22,24,26-27,30H2,1-13H3/b18-16+/t31-,32?,33?,36+,38+,39+,40-,44+,45?,46?,47+,48+,49+,50+,52+,53?/m1/s1. The number of β-amino-alcohol motifs (C(OH)–C–C–N with tert-alkyl or cyclic N) is 1. The van der Waals surface area contributed by atoms with Crippen LogP contribution in [-0.4, -0.2) is 207 Å². The van der Waals surface area contributed by atoms with Crippen LogP contribution < -0.4 is 0 Å². The first-order chi connectivity index (χ1) is 35.5. The van der Waals surface area contributed by atoms with Gasteiger partial charge in [-0.05, 0) is 91.2 Å². The van der Waals surface area contributed by atoms with Gasteiger partial charge in [-0.2, -0.15) is 0 Å². The quantitative estimate of drug-likeness (QED) is 0.0920. The molecule has 5 unspecified atom stereocenters. The average Bonchev–Trinajstić information content (AvgIpc) is 3.34. The van der Waals surface area contributed by atoms with Crippen molar-refractivity contribution in [1.82, 2.24) is 19.8 Å². The second kappa shape index (κ2) is 29.9. The van der Waals surface area contributed by atoms with E-state index in [2.05, 4.69) is 4.98 Å². The van der Waals surface area contributed by atoms with Gasteiger partial charge in [-0.1, -0.05) is 32.9 Å². The summed E-state index contributed by atoms with van der Waals surface area (Å²) in [6.07, 6.45) is -4.51. The molecule has 424 valence electrons. The summed E-state index contributed by atoms with van der Waals surface area (Å²) in [5, 5.41) is 25.1. The maximum atomic E-state index is 14.2. The second-order valence-corrected chi connectivity index (χ2v) is 20.4. The number of likely N-dealkylation sites (N-methyl/N-ethyl adjacent to an activating group) is 2. The molecule has 3 aliphatic heterocycles. The third-order valence-corrected chi connectivity index (χ3v) is 14.1. The third-order valence-electron chi connectivity index (χ3n) is 14.1. The topological polar surface area (TPSA) is 258 Å². The lowest BCUT2D eigenvalue weighted by atomic mass is 9.82. The number of hydrogen-bond acceptors (Lipinski definition) is 21. The molecule has 0 bridgehead atoms. The number of carbonyl (C=O) groups is 6. The maximum absolute atomic E-state index is 14.2. The summed E-state index contributed by atoms with van der Waals surface area (Å²) in [5.74, 6) is -4.01. The van der Waals surface area contributed by atoms with E-state index in [9.17, 15) is 39.0 Å². The monoisotopic (exact) mass is 1060 g/mol. The van der Waals surface area contributed by atoms with Crippen LogP contribution in [0.5, 0.6) is 0 Å². The molecule has 3 aliphatic rings. The molecule has 2 N–H and O–H groups in total. The molecule has 0 aromatic carbocycles. The van der Waals surface area contributed by atoms with Gasteiger partial charge in [-0.15, -0.1) is 0 Å². The van der Waals surface area contributed by atoms with Crippen LogP contribution >= 0.6 is 0 Å². The van der Waals surface area contributed by atoms with E-state index in [0.29, 0.717) is 30.5 Å². The number of hydrogen-bond donors (Lipinski definition) is 2. The van der Waals surface area contributed by atoms with Gasteiger partial charge in [0, 0.05) is 72.1 Å². The average molecular weight is 1070 g/mol. The summed E-state index contributed by atoms with van der Waals surface area (Å²) >= 11 is 0. The van der Waals surface area contributed by atoms with Crippen molar-refractivity contribution in [2.45, 2.75) is 192 Å². The predicted molar refractivity (Wildman–Crippen MR) is 270 cm³/mol. The lowest BCUT2D eigenvalue weighted by Crippen LogP contribution is -2.66. The van der Waals surface area contributed by atoms with Gasteiger partial charge in [-0.3, -0.25) is 33.8 Å². The minimum atomic E-state index is -1.47. The Morgan fingerprint density at radius 3 is 2.27 bits per heavy atom. The lowest BCUT2D eigenvalue weighted by molar-refractivity contribution is -0.344. The number of aliphatic hydroxyl groups is 2. The number of hydroxylamine groups is 2. The number of pyridine rings is 1. The van der Waals surface area contributed by atoms with Gasteiger partial charge < -0.3 is 67.4 Å². The van der Waals surface area contributed by atoms with Crippen molar-refractivity contribution in [2.24, 2.45) is 11.8 Å². The Labute approximate surface area is 441 Å². The van der Waals surface area contributed by atoms with Crippen molar-refractivity contribution in [2.75, 3.05) is 55.5 Å². The van der Waals surface area contributed by atoms with E-state index >= 15 is 0 Å². The third kappa shape index (κ3) is 18.0. The van der Waals surface area contributed by atoms with Crippen LogP contribution in [0.2, 0.25) is 0 Å². The molecule has 0 spiro atoms. The zero-order valence-corrected chi connectivity index (χ0v) is 46.1. The van der Waals surface area contributed by atoms with Crippen LogP contribution in [0.1, 0.15) is 122 Å². The fourth-order valence-electron chi connectivity index (χ4n) is 10.1. The Kier molecular flexibility index (Phi) is 25.1. The largest absolute Gasteiger partial charge is 0.462 e. The molecular formula is C53H84N4O18. The van der Waals surface area contributed by atoms with E-state index in [-0.39, 0.29) is 51.0 Å². The van der Waals surface area contributed by atoms with Crippen molar-refractivity contribution in [1.29, 1.82) is 0 Å². The van der Waals surface area contributed by atoms with Crippen molar-refractivity contribution < 1.29 is 86.4 Å². The van der Waals surface area contributed by atoms with Gasteiger partial charge in [0.25, 0.3) is 5.91 Å². The second-order valence-electron chi connectivity index (χ2n) is 20.4. The Morgan fingerprint density at radius 2 is 1.64 bits per heavy atom. The Balaban J connectivity index is 1.70. The van der Waals surface area contributed by atoms with Crippen molar-refractivity contribution in [3.05, 3.63) is 35.7 Å². The molecule has 1 aromatic heterocycles. The first kappa shape index (κ1) is 63.0. The molecule has 75 heavy (non-hydrogen) atoms. The number of aromatic nitrogens is 1. The van der Waals surface area contributed by atoms with Crippen LogP contribution in [0, 0.1) is 11.8 Å². The molecule has 22 nitrogen and oxygen atoms in total. The van der Waals surface area contributed by atoms with E-state index in [1.165, 1.54) is 34.4 Å². The van der Waals surface area contributed by atoms with Crippen LogP contribution in [-0.2, 0) is 71.4 Å². The number of esters is 4. The summed E-state index contributed by atoms with van der Waals surface area (Å²) in [4.78, 5) is 90.6. The fourth-order valence-corrected chi connectivity index (χ4v) is 10.1. The highest BCUT2D eigenvalue weighted by atomic mass is 16.7. The van der Waals surface area contributed by atoms with E-state index in [4.69, 9.17) is 47.5 Å². The molecule has 1 aromatic rings. The molecule has 3 fully saturated rings. The predicted octanol–water partition coefficient (Wildman–Crippen LogP) is 3.66. The first-order valence-corrected chi connectivity index (χ1v) is 26.0. The fraction of sp³-hybridized carbons (Fsp3) is 0.755. The van der Waals surface area contributed by atoms with Gasteiger partial charge in [0.2, 0.25) is 0 Å². The number of rotatable bonds is 18. The van der Waals surface area contributed by atoms with Crippen molar-refractivity contribution >= 4 is 42.1 Å². The molecule has 1 amide bonds. The Morgan fingerprint density at radius 1 is 0.947 bits per heavy atom. The number of carbonyl (C=O) groups excluding carboxylic acids is 6. The summed E-state index contributed by atoms with van der Waals surface area (Å²) in [6, 6.07) is 0.809. The van der Waals surface area contributed by atoms with Crippen LogP contribution in [0.3, 0.4) is 0 Å². The highest BCUT2D eigenvalue weighted by Gasteiger charge is 2.54. The highest BCUT2D eigenvalue weighted by Crippen LogP contribution is 2.39. The highest BCUT2D eigenvalue weighted by molar-refractivity contribution is 5.93. The first-order valence-electron chi connectivity index (χ1n) is 26.0. The Hall–Kier alpha value is -4.49.